The predicted octanol–water partition coefficient (Wildman–Crippen LogP) is 0.166. The number of nitrogens with zero attached hydrogens (tertiary/aromatic N) is 2. The Labute approximate surface area is 91.9 Å². The third-order valence-electron chi connectivity index (χ3n) is 2.57. The lowest BCUT2D eigenvalue weighted by Gasteiger charge is -2.06. The zero-order chi connectivity index (χ0) is 11.7. The van der Waals surface area contributed by atoms with Crippen LogP contribution in [0.15, 0.2) is 0 Å². The molecular formula is C10H12N2O4. The van der Waals surface area contributed by atoms with Crippen molar-refractivity contribution in [3.63, 3.8) is 0 Å². The molecule has 6 nitrogen and oxygen atoms in total. The molecular weight excluding hydrogens is 212 g/mol. The van der Waals surface area contributed by atoms with Gasteiger partial charge in [-0.05, 0) is 13.3 Å². The minimum Gasteiger partial charge on any atom is -0.493 e. The summed E-state index contributed by atoms with van der Waals surface area (Å²) in [5.41, 5.74) is 1.04. The van der Waals surface area contributed by atoms with Crippen molar-refractivity contribution in [1.29, 1.82) is 0 Å². The Morgan fingerprint density at radius 1 is 1.44 bits per heavy atom. The van der Waals surface area contributed by atoms with Crippen LogP contribution >= 0.6 is 0 Å². The Morgan fingerprint density at radius 2 is 2.19 bits per heavy atom. The lowest BCUT2D eigenvalue weighted by Crippen LogP contribution is -2.17. The van der Waals surface area contributed by atoms with Gasteiger partial charge in [-0.25, -0.2) is 0 Å². The van der Waals surface area contributed by atoms with Crippen LogP contribution in [0.25, 0.3) is 0 Å². The molecule has 6 heteroatoms. The van der Waals surface area contributed by atoms with Crippen molar-refractivity contribution < 1.29 is 19.7 Å². The van der Waals surface area contributed by atoms with Gasteiger partial charge in [0.1, 0.15) is 0 Å². The molecule has 2 N–H and O–H groups in total. The topological polar surface area (TPSA) is 92.5 Å². The Morgan fingerprint density at radius 3 is 2.88 bits per heavy atom. The smallest absolute Gasteiger partial charge is 0.317 e. The van der Waals surface area contributed by atoms with Crippen LogP contribution in [0.3, 0.4) is 0 Å². The van der Waals surface area contributed by atoms with E-state index in [0.29, 0.717) is 30.7 Å². The van der Waals surface area contributed by atoms with Crippen LogP contribution in [-0.4, -0.2) is 32.8 Å². The first-order valence-corrected chi connectivity index (χ1v) is 5.06. The second kappa shape index (κ2) is 3.96. The maximum Gasteiger partial charge on any atom is 0.317 e. The average molecular weight is 224 g/mol. The summed E-state index contributed by atoms with van der Waals surface area (Å²) in [5.74, 6) is -0.898. The highest BCUT2D eigenvalue weighted by Crippen LogP contribution is 2.32. The van der Waals surface area contributed by atoms with E-state index in [0.717, 1.165) is 0 Å². The first kappa shape index (κ1) is 10.7. The molecule has 0 amide bonds. The molecule has 16 heavy (non-hydrogen) atoms. The van der Waals surface area contributed by atoms with E-state index in [9.17, 15) is 9.90 Å². The molecule has 0 radical (unpaired) electrons. The highest BCUT2D eigenvalue weighted by Gasteiger charge is 2.32. The second-order valence-corrected chi connectivity index (χ2v) is 3.63. The van der Waals surface area contributed by atoms with E-state index in [1.165, 1.54) is 0 Å². The molecule has 1 unspecified atom stereocenters. The molecule has 0 fully saturated rings. The quantitative estimate of drug-likeness (QED) is 0.695. The summed E-state index contributed by atoms with van der Waals surface area (Å²) in [4.78, 5) is 18.7. The molecule has 2 rings (SSSR count). The van der Waals surface area contributed by atoms with Crippen molar-refractivity contribution in [3.8, 4) is 11.9 Å². The maximum absolute atomic E-state index is 11.5. The van der Waals surface area contributed by atoms with Gasteiger partial charge in [0.05, 0.1) is 18.2 Å². The SMILES string of the molecule is CCOC(=O)C1Cc2nc(O)nc(O)c2C1. The molecule has 1 aromatic heterocycles. The van der Waals surface area contributed by atoms with Crippen molar-refractivity contribution >= 4 is 5.97 Å². The summed E-state index contributed by atoms with van der Waals surface area (Å²) >= 11 is 0. The maximum atomic E-state index is 11.5. The average Bonchev–Trinajstić information content (AvgIpc) is 2.62. The molecule has 1 aromatic rings. The van der Waals surface area contributed by atoms with Crippen LogP contribution in [0, 0.1) is 5.92 Å². The van der Waals surface area contributed by atoms with Crippen LogP contribution in [-0.2, 0) is 22.4 Å². The number of ether oxygens (including phenoxy) is 1. The standard InChI is InChI=1S/C10H12N2O4/c1-2-16-9(14)5-3-6-7(4-5)11-10(15)12-8(6)13/h5H,2-4H2,1H3,(H2,11,12,13,15). The molecule has 1 atom stereocenters. The number of aromatic hydroxyl groups is 2. The van der Waals surface area contributed by atoms with Crippen LogP contribution in [0.1, 0.15) is 18.2 Å². The van der Waals surface area contributed by atoms with Gasteiger partial charge in [0.15, 0.2) is 0 Å². The lowest BCUT2D eigenvalue weighted by atomic mass is 10.1. The van der Waals surface area contributed by atoms with E-state index in [1.54, 1.807) is 6.92 Å². The fourth-order valence-electron chi connectivity index (χ4n) is 1.86. The zero-order valence-electron chi connectivity index (χ0n) is 8.80. The second-order valence-electron chi connectivity index (χ2n) is 3.63. The van der Waals surface area contributed by atoms with E-state index < -0.39 is 6.01 Å². The van der Waals surface area contributed by atoms with Crippen molar-refractivity contribution in [2.75, 3.05) is 6.61 Å². The van der Waals surface area contributed by atoms with Crippen LogP contribution in [0.5, 0.6) is 11.9 Å². The van der Waals surface area contributed by atoms with Crippen molar-refractivity contribution in [2.24, 2.45) is 5.92 Å². The van der Waals surface area contributed by atoms with Crippen molar-refractivity contribution in [2.45, 2.75) is 19.8 Å². The third-order valence-corrected chi connectivity index (χ3v) is 2.57. The van der Waals surface area contributed by atoms with E-state index in [1.807, 2.05) is 0 Å². The van der Waals surface area contributed by atoms with Crippen molar-refractivity contribution in [1.82, 2.24) is 9.97 Å². The molecule has 1 aliphatic carbocycles. The predicted molar refractivity (Wildman–Crippen MR) is 52.9 cm³/mol. The lowest BCUT2D eigenvalue weighted by molar-refractivity contribution is -0.147. The van der Waals surface area contributed by atoms with Gasteiger partial charge in [-0.15, -0.1) is 0 Å². The minimum absolute atomic E-state index is 0.255. The molecule has 0 spiro atoms. The van der Waals surface area contributed by atoms with Crippen LogP contribution in [0.4, 0.5) is 0 Å². The Kier molecular flexibility index (Phi) is 2.64. The number of carbonyl (C=O) groups excluding carboxylic acids is 1. The van der Waals surface area contributed by atoms with Gasteiger partial charge >= 0.3 is 12.0 Å². The van der Waals surface area contributed by atoms with Gasteiger partial charge in [0, 0.05) is 12.0 Å². The highest BCUT2D eigenvalue weighted by molar-refractivity contribution is 5.74. The van der Waals surface area contributed by atoms with Gasteiger partial charge in [-0.2, -0.15) is 9.97 Å². The van der Waals surface area contributed by atoms with E-state index in [2.05, 4.69) is 9.97 Å². The third kappa shape index (κ3) is 1.78. The Bertz CT molecular complexity index is 433. The normalized spacial score (nSPS) is 18.2. The summed E-state index contributed by atoms with van der Waals surface area (Å²) < 4.78 is 4.90. The number of hydrogen-bond donors (Lipinski definition) is 2. The first-order chi connectivity index (χ1) is 7.61. The summed E-state index contributed by atoms with van der Waals surface area (Å²) in [7, 11) is 0. The summed E-state index contributed by atoms with van der Waals surface area (Å²) in [6, 6.07) is -0.472. The largest absolute Gasteiger partial charge is 0.493 e. The highest BCUT2D eigenvalue weighted by atomic mass is 16.5. The fraction of sp³-hybridized carbons (Fsp3) is 0.500. The molecule has 86 valence electrons. The molecule has 1 heterocycles. The first-order valence-electron chi connectivity index (χ1n) is 5.06. The molecule has 0 aromatic carbocycles. The number of aromatic nitrogens is 2. The van der Waals surface area contributed by atoms with Gasteiger partial charge in [-0.1, -0.05) is 0 Å². The number of hydrogen-bond acceptors (Lipinski definition) is 6. The number of esters is 1. The Hall–Kier alpha value is -1.85. The van der Waals surface area contributed by atoms with E-state index in [-0.39, 0.29) is 17.8 Å². The van der Waals surface area contributed by atoms with E-state index in [4.69, 9.17) is 9.84 Å². The van der Waals surface area contributed by atoms with Gasteiger partial charge in [0.25, 0.3) is 0 Å². The number of rotatable bonds is 2. The van der Waals surface area contributed by atoms with Crippen LogP contribution in [0.2, 0.25) is 0 Å². The van der Waals surface area contributed by atoms with Crippen molar-refractivity contribution in [3.05, 3.63) is 11.3 Å². The summed E-state index contributed by atoms with van der Waals surface area (Å²) in [6.45, 7) is 2.07. The Balaban J connectivity index is 2.21. The summed E-state index contributed by atoms with van der Waals surface area (Å²) in [5, 5.41) is 18.6. The molecule has 0 bridgehead atoms. The molecule has 0 saturated carbocycles. The molecule has 0 aliphatic heterocycles. The molecule has 1 aliphatic rings. The van der Waals surface area contributed by atoms with Gasteiger partial charge in [-0.3, -0.25) is 4.79 Å². The minimum atomic E-state index is -0.472. The number of fused-ring (bicyclic) bond motifs is 1. The van der Waals surface area contributed by atoms with Crippen LogP contribution < -0.4 is 0 Å². The van der Waals surface area contributed by atoms with Gasteiger partial charge in [0.2, 0.25) is 5.88 Å². The monoisotopic (exact) mass is 224 g/mol. The zero-order valence-corrected chi connectivity index (χ0v) is 8.80. The summed E-state index contributed by atoms with van der Waals surface area (Å²) in [6.07, 6.45) is 0.734. The van der Waals surface area contributed by atoms with Gasteiger partial charge < -0.3 is 14.9 Å². The number of carbonyl (C=O) groups is 1. The molecule has 0 saturated heterocycles. The van der Waals surface area contributed by atoms with E-state index >= 15 is 0 Å². The fourth-order valence-corrected chi connectivity index (χ4v) is 1.86.